The normalized spacial score (nSPS) is 16.9. The molecule has 140 valence electrons. The molecule has 0 spiro atoms. The van der Waals surface area contributed by atoms with Crippen LogP contribution in [-0.2, 0) is 14.3 Å². The summed E-state index contributed by atoms with van der Waals surface area (Å²) in [6.07, 6.45) is 1.44. The van der Waals surface area contributed by atoms with Crippen molar-refractivity contribution in [3.05, 3.63) is 52.9 Å². The van der Waals surface area contributed by atoms with E-state index in [0.717, 1.165) is 16.7 Å². The molecule has 8 heteroatoms. The van der Waals surface area contributed by atoms with Gasteiger partial charge in [0, 0.05) is 11.6 Å². The Labute approximate surface area is 159 Å². The number of halogens is 1. The Bertz CT molecular complexity index is 918. The number of benzene rings is 1. The van der Waals surface area contributed by atoms with E-state index < -0.39 is 23.2 Å². The smallest absolute Gasteiger partial charge is 0.329 e. The third kappa shape index (κ3) is 3.95. The first-order chi connectivity index (χ1) is 12.9. The lowest BCUT2D eigenvalue weighted by atomic mass is 10.2. The molecule has 0 saturated carbocycles. The number of nitrogens with zero attached hydrogens (tertiary/aromatic N) is 1. The van der Waals surface area contributed by atoms with Gasteiger partial charge in [-0.15, -0.1) is 0 Å². The van der Waals surface area contributed by atoms with Crippen LogP contribution in [0.2, 0.25) is 0 Å². The zero-order valence-electron chi connectivity index (χ0n) is 14.6. The maximum absolute atomic E-state index is 13.0. The summed E-state index contributed by atoms with van der Waals surface area (Å²) in [5, 5.41) is -0.544. The monoisotopic (exact) mass is 389 g/mol. The Morgan fingerprint density at radius 2 is 1.96 bits per heavy atom. The third-order valence-electron chi connectivity index (χ3n) is 3.87. The lowest BCUT2D eigenvalue weighted by Gasteiger charge is -2.19. The SMILES string of the molecule is CCOC(=O)[C@H](C)N1C(=O)S/C(=C\c2ccc(-c3ccc(F)cc3)o2)C1=O. The molecule has 1 aliphatic rings. The molecule has 0 unspecified atom stereocenters. The number of ether oxygens (including phenoxy) is 1. The van der Waals surface area contributed by atoms with Gasteiger partial charge in [0.15, 0.2) is 0 Å². The molecular formula is C19H16FNO5S. The number of thioether (sulfide) groups is 1. The second-order valence-corrected chi connectivity index (χ2v) is 6.68. The fraction of sp³-hybridized carbons (Fsp3) is 0.211. The molecule has 1 aromatic heterocycles. The number of amides is 2. The Morgan fingerprint density at radius 1 is 1.26 bits per heavy atom. The van der Waals surface area contributed by atoms with Gasteiger partial charge in [0.1, 0.15) is 23.4 Å². The molecule has 0 radical (unpaired) electrons. The van der Waals surface area contributed by atoms with E-state index in [-0.39, 0.29) is 17.3 Å². The summed E-state index contributed by atoms with van der Waals surface area (Å²) in [7, 11) is 0. The number of rotatable bonds is 5. The summed E-state index contributed by atoms with van der Waals surface area (Å²) in [5.41, 5.74) is 0.681. The van der Waals surface area contributed by atoms with Crippen LogP contribution >= 0.6 is 11.8 Å². The maximum Gasteiger partial charge on any atom is 0.329 e. The van der Waals surface area contributed by atoms with E-state index >= 15 is 0 Å². The Balaban J connectivity index is 1.80. The molecule has 1 fully saturated rings. The first-order valence-electron chi connectivity index (χ1n) is 8.20. The van der Waals surface area contributed by atoms with Crippen LogP contribution in [0.15, 0.2) is 45.7 Å². The second kappa shape index (κ2) is 7.79. The fourth-order valence-corrected chi connectivity index (χ4v) is 3.40. The van der Waals surface area contributed by atoms with Crippen LogP contribution in [0, 0.1) is 5.82 Å². The molecule has 1 aromatic carbocycles. The molecule has 0 N–H and O–H groups in total. The summed E-state index contributed by atoms with van der Waals surface area (Å²) in [4.78, 5) is 37.5. The molecule has 1 atom stereocenters. The van der Waals surface area contributed by atoms with Crippen LogP contribution in [0.1, 0.15) is 19.6 Å². The standard InChI is InChI=1S/C19H16FNO5S/c1-3-25-18(23)11(2)21-17(22)16(27-19(21)24)10-14-8-9-15(26-14)12-4-6-13(20)7-5-12/h4-11H,3H2,1-2H3/b16-10-/t11-/m0/s1. The minimum Gasteiger partial charge on any atom is -0.464 e. The molecular weight excluding hydrogens is 373 g/mol. The first kappa shape index (κ1) is 18.9. The number of carbonyl (C=O) groups excluding carboxylic acids is 3. The van der Waals surface area contributed by atoms with E-state index in [0.29, 0.717) is 17.1 Å². The van der Waals surface area contributed by atoms with Gasteiger partial charge >= 0.3 is 5.97 Å². The van der Waals surface area contributed by atoms with Gasteiger partial charge in [-0.25, -0.2) is 9.18 Å². The van der Waals surface area contributed by atoms with Gasteiger partial charge in [-0.3, -0.25) is 14.5 Å². The van der Waals surface area contributed by atoms with Crippen molar-refractivity contribution in [2.75, 3.05) is 6.61 Å². The van der Waals surface area contributed by atoms with Gasteiger partial charge in [-0.05, 0) is 62.0 Å². The Kier molecular flexibility index (Phi) is 5.46. The molecule has 0 aliphatic carbocycles. The summed E-state index contributed by atoms with van der Waals surface area (Å²) in [6.45, 7) is 3.25. The van der Waals surface area contributed by atoms with Crippen molar-refractivity contribution in [2.24, 2.45) is 0 Å². The van der Waals surface area contributed by atoms with Crippen LogP contribution in [-0.4, -0.2) is 34.7 Å². The first-order valence-corrected chi connectivity index (χ1v) is 9.02. The van der Waals surface area contributed by atoms with Crippen molar-refractivity contribution >= 4 is 35.0 Å². The highest BCUT2D eigenvalue weighted by Crippen LogP contribution is 2.34. The molecule has 2 amide bonds. The summed E-state index contributed by atoms with van der Waals surface area (Å²) in [6, 6.07) is 8.11. The average Bonchev–Trinajstić information content (AvgIpc) is 3.20. The average molecular weight is 389 g/mol. The predicted octanol–water partition coefficient (Wildman–Crippen LogP) is 4.07. The number of hydrogen-bond donors (Lipinski definition) is 0. The Morgan fingerprint density at radius 3 is 2.63 bits per heavy atom. The lowest BCUT2D eigenvalue weighted by molar-refractivity contribution is -0.150. The van der Waals surface area contributed by atoms with Crippen LogP contribution in [0.3, 0.4) is 0 Å². The summed E-state index contributed by atoms with van der Waals surface area (Å²) in [5.74, 6) is -0.707. The van der Waals surface area contributed by atoms with Gasteiger partial charge < -0.3 is 9.15 Å². The lowest BCUT2D eigenvalue weighted by Crippen LogP contribution is -2.42. The van der Waals surface area contributed by atoms with Crippen molar-refractivity contribution in [1.29, 1.82) is 0 Å². The summed E-state index contributed by atoms with van der Waals surface area (Å²) >= 11 is 0.729. The number of carbonyl (C=O) groups is 3. The van der Waals surface area contributed by atoms with E-state index in [1.54, 1.807) is 31.2 Å². The molecule has 1 saturated heterocycles. The van der Waals surface area contributed by atoms with Crippen LogP contribution in [0.4, 0.5) is 9.18 Å². The van der Waals surface area contributed by atoms with Crippen molar-refractivity contribution in [3.8, 4) is 11.3 Å². The van der Waals surface area contributed by atoms with E-state index in [2.05, 4.69) is 0 Å². The van der Waals surface area contributed by atoms with Gasteiger partial charge in [0.25, 0.3) is 11.1 Å². The van der Waals surface area contributed by atoms with E-state index in [9.17, 15) is 18.8 Å². The van der Waals surface area contributed by atoms with Crippen LogP contribution < -0.4 is 0 Å². The molecule has 27 heavy (non-hydrogen) atoms. The molecule has 2 aromatic rings. The molecule has 2 heterocycles. The second-order valence-electron chi connectivity index (χ2n) is 5.69. The fourth-order valence-electron chi connectivity index (χ4n) is 2.51. The molecule has 0 bridgehead atoms. The van der Waals surface area contributed by atoms with E-state index in [1.807, 2.05) is 0 Å². The zero-order chi connectivity index (χ0) is 19.6. The largest absolute Gasteiger partial charge is 0.464 e. The van der Waals surface area contributed by atoms with Crippen LogP contribution in [0.5, 0.6) is 0 Å². The van der Waals surface area contributed by atoms with Crippen LogP contribution in [0.25, 0.3) is 17.4 Å². The van der Waals surface area contributed by atoms with Gasteiger partial charge in [-0.2, -0.15) is 0 Å². The summed E-state index contributed by atoms with van der Waals surface area (Å²) < 4.78 is 23.5. The molecule has 1 aliphatic heterocycles. The van der Waals surface area contributed by atoms with Crippen molar-refractivity contribution < 1.29 is 27.9 Å². The van der Waals surface area contributed by atoms with Gasteiger partial charge in [0.05, 0.1) is 11.5 Å². The highest BCUT2D eigenvalue weighted by Gasteiger charge is 2.41. The topological polar surface area (TPSA) is 76.8 Å². The highest BCUT2D eigenvalue weighted by molar-refractivity contribution is 8.18. The Hall–Kier alpha value is -2.87. The van der Waals surface area contributed by atoms with Crippen molar-refractivity contribution in [2.45, 2.75) is 19.9 Å². The number of imide groups is 1. The number of hydrogen-bond acceptors (Lipinski definition) is 6. The minimum absolute atomic E-state index is 0.149. The third-order valence-corrected chi connectivity index (χ3v) is 4.75. The molecule has 3 rings (SSSR count). The zero-order valence-corrected chi connectivity index (χ0v) is 15.4. The molecule has 6 nitrogen and oxygen atoms in total. The van der Waals surface area contributed by atoms with Gasteiger partial charge in [-0.1, -0.05) is 0 Å². The van der Waals surface area contributed by atoms with E-state index in [4.69, 9.17) is 9.15 Å². The maximum atomic E-state index is 13.0. The number of furan rings is 1. The predicted molar refractivity (Wildman–Crippen MR) is 98.0 cm³/mol. The van der Waals surface area contributed by atoms with Crippen molar-refractivity contribution in [1.82, 2.24) is 4.90 Å². The quantitative estimate of drug-likeness (QED) is 0.567. The van der Waals surface area contributed by atoms with Gasteiger partial charge in [0.2, 0.25) is 0 Å². The van der Waals surface area contributed by atoms with Crippen molar-refractivity contribution in [3.63, 3.8) is 0 Å². The van der Waals surface area contributed by atoms with E-state index in [1.165, 1.54) is 25.1 Å². The number of esters is 1. The minimum atomic E-state index is -1.00. The highest BCUT2D eigenvalue weighted by atomic mass is 32.2.